The Bertz CT molecular complexity index is 398. The van der Waals surface area contributed by atoms with Gasteiger partial charge in [-0.25, -0.2) is 8.78 Å². The van der Waals surface area contributed by atoms with Crippen LogP contribution in [0, 0.1) is 17.6 Å². The van der Waals surface area contributed by atoms with Crippen molar-refractivity contribution in [2.75, 3.05) is 13.2 Å². The Hall–Kier alpha value is -1.29. The minimum Gasteiger partial charge on any atom is -0.381 e. The van der Waals surface area contributed by atoms with E-state index in [2.05, 4.69) is 0 Å². The molecule has 0 saturated carbocycles. The second kappa shape index (κ2) is 4.70. The summed E-state index contributed by atoms with van der Waals surface area (Å²) in [5.74, 6) is -1.90. The predicted octanol–water partition coefficient (Wildman–Crippen LogP) is 2.57. The zero-order valence-corrected chi connectivity index (χ0v) is 8.71. The summed E-state index contributed by atoms with van der Waals surface area (Å²) in [6.07, 6.45) is 1.21. The Balaban J connectivity index is 2.19. The summed E-state index contributed by atoms with van der Waals surface area (Å²) < 4.78 is 31.2. The number of hydrogen-bond donors (Lipinski definition) is 0. The van der Waals surface area contributed by atoms with Crippen LogP contribution in [0.4, 0.5) is 8.78 Å². The maximum Gasteiger partial charge on any atom is 0.169 e. The first-order chi connectivity index (χ1) is 7.68. The van der Waals surface area contributed by atoms with E-state index in [4.69, 9.17) is 4.74 Å². The molecule has 1 aliphatic rings. The van der Waals surface area contributed by atoms with Crippen LogP contribution < -0.4 is 0 Å². The lowest BCUT2D eigenvalue weighted by atomic mass is 9.91. The first-order valence-electron chi connectivity index (χ1n) is 5.25. The maximum absolute atomic E-state index is 13.4. The number of carbonyl (C=O) groups is 1. The Morgan fingerprint density at radius 3 is 2.56 bits per heavy atom. The monoisotopic (exact) mass is 226 g/mol. The average molecular weight is 226 g/mol. The standard InChI is InChI=1S/C12H12F2O2/c13-9-1-2-10(11(14)7-9)12(15)8-3-5-16-6-4-8/h1-2,7-8H,3-6H2. The molecule has 0 atom stereocenters. The number of halogens is 2. The Morgan fingerprint density at radius 2 is 1.94 bits per heavy atom. The molecule has 2 nitrogen and oxygen atoms in total. The highest BCUT2D eigenvalue weighted by molar-refractivity contribution is 5.98. The lowest BCUT2D eigenvalue weighted by molar-refractivity contribution is 0.0542. The normalized spacial score (nSPS) is 17.4. The van der Waals surface area contributed by atoms with Crippen molar-refractivity contribution in [3.8, 4) is 0 Å². The molecule has 0 radical (unpaired) electrons. The topological polar surface area (TPSA) is 26.3 Å². The predicted molar refractivity (Wildman–Crippen MR) is 54.2 cm³/mol. The van der Waals surface area contributed by atoms with E-state index in [1.165, 1.54) is 6.07 Å². The number of rotatable bonds is 2. The molecule has 0 amide bonds. The quantitative estimate of drug-likeness (QED) is 0.724. The zero-order valence-electron chi connectivity index (χ0n) is 8.71. The van der Waals surface area contributed by atoms with E-state index in [9.17, 15) is 13.6 Å². The van der Waals surface area contributed by atoms with Gasteiger partial charge in [0.2, 0.25) is 0 Å². The molecule has 2 rings (SSSR count). The van der Waals surface area contributed by atoms with Crippen molar-refractivity contribution in [3.05, 3.63) is 35.4 Å². The van der Waals surface area contributed by atoms with Crippen LogP contribution in [0.3, 0.4) is 0 Å². The lowest BCUT2D eigenvalue weighted by Crippen LogP contribution is -2.24. The van der Waals surface area contributed by atoms with Crippen molar-refractivity contribution in [1.82, 2.24) is 0 Å². The van der Waals surface area contributed by atoms with Gasteiger partial charge >= 0.3 is 0 Å². The van der Waals surface area contributed by atoms with Crippen LogP contribution in [0.2, 0.25) is 0 Å². The molecule has 0 bridgehead atoms. The summed E-state index contributed by atoms with van der Waals surface area (Å²) >= 11 is 0. The summed E-state index contributed by atoms with van der Waals surface area (Å²) in [5.41, 5.74) is -0.0201. The molecule has 4 heteroatoms. The van der Waals surface area contributed by atoms with Gasteiger partial charge in [-0.15, -0.1) is 0 Å². The van der Waals surface area contributed by atoms with Crippen molar-refractivity contribution in [2.24, 2.45) is 5.92 Å². The molecule has 1 saturated heterocycles. The maximum atomic E-state index is 13.4. The van der Waals surface area contributed by atoms with Gasteiger partial charge in [0.05, 0.1) is 5.56 Å². The molecule has 0 aromatic heterocycles. The molecular formula is C12H12F2O2. The highest BCUT2D eigenvalue weighted by Crippen LogP contribution is 2.22. The minimum absolute atomic E-state index is 0.0201. The first kappa shape index (κ1) is 11.2. The van der Waals surface area contributed by atoms with Gasteiger partial charge in [0, 0.05) is 25.2 Å². The third-order valence-electron chi connectivity index (χ3n) is 2.79. The fourth-order valence-electron chi connectivity index (χ4n) is 1.87. The summed E-state index contributed by atoms with van der Waals surface area (Å²) in [7, 11) is 0. The van der Waals surface area contributed by atoms with Gasteiger partial charge in [0.25, 0.3) is 0 Å². The fraction of sp³-hybridized carbons (Fsp3) is 0.417. The van der Waals surface area contributed by atoms with E-state index in [-0.39, 0.29) is 17.3 Å². The Kier molecular flexibility index (Phi) is 3.29. The lowest BCUT2D eigenvalue weighted by Gasteiger charge is -2.20. The highest BCUT2D eigenvalue weighted by Gasteiger charge is 2.24. The molecule has 0 aliphatic carbocycles. The van der Waals surface area contributed by atoms with Gasteiger partial charge in [-0.2, -0.15) is 0 Å². The Morgan fingerprint density at radius 1 is 1.25 bits per heavy atom. The second-order valence-electron chi connectivity index (χ2n) is 3.88. The summed E-state index contributed by atoms with van der Waals surface area (Å²) in [4.78, 5) is 11.9. The van der Waals surface area contributed by atoms with E-state index < -0.39 is 11.6 Å². The molecular weight excluding hydrogens is 214 g/mol. The van der Waals surface area contributed by atoms with E-state index in [0.717, 1.165) is 12.1 Å². The molecule has 0 unspecified atom stereocenters. The first-order valence-corrected chi connectivity index (χ1v) is 5.25. The molecule has 1 aromatic rings. The van der Waals surface area contributed by atoms with Gasteiger partial charge in [-0.3, -0.25) is 4.79 Å². The van der Waals surface area contributed by atoms with Crippen LogP contribution in [0.5, 0.6) is 0 Å². The number of ketones is 1. The highest BCUT2D eigenvalue weighted by atomic mass is 19.1. The van der Waals surface area contributed by atoms with Gasteiger partial charge in [0.15, 0.2) is 5.78 Å². The minimum atomic E-state index is -0.781. The second-order valence-corrected chi connectivity index (χ2v) is 3.88. The fourth-order valence-corrected chi connectivity index (χ4v) is 1.87. The SMILES string of the molecule is O=C(c1ccc(F)cc1F)C1CCOCC1. The van der Waals surface area contributed by atoms with Crippen molar-refractivity contribution >= 4 is 5.78 Å². The molecule has 1 aliphatic heterocycles. The van der Waals surface area contributed by atoms with E-state index in [0.29, 0.717) is 26.1 Å². The Labute approximate surface area is 92.2 Å². The van der Waals surface area contributed by atoms with E-state index in [1.54, 1.807) is 0 Å². The van der Waals surface area contributed by atoms with Gasteiger partial charge in [-0.05, 0) is 25.0 Å². The van der Waals surface area contributed by atoms with Gasteiger partial charge < -0.3 is 4.74 Å². The molecule has 0 spiro atoms. The van der Waals surface area contributed by atoms with Gasteiger partial charge in [0.1, 0.15) is 11.6 Å². The molecule has 0 N–H and O–H groups in total. The van der Waals surface area contributed by atoms with Crippen LogP contribution in [-0.2, 0) is 4.74 Å². The van der Waals surface area contributed by atoms with Crippen molar-refractivity contribution in [1.29, 1.82) is 0 Å². The number of carbonyl (C=O) groups excluding carboxylic acids is 1. The van der Waals surface area contributed by atoms with Gasteiger partial charge in [-0.1, -0.05) is 0 Å². The largest absolute Gasteiger partial charge is 0.381 e. The van der Waals surface area contributed by atoms with Crippen LogP contribution in [-0.4, -0.2) is 19.0 Å². The van der Waals surface area contributed by atoms with Crippen LogP contribution in [0.25, 0.3) is 0 Å². The summed E-state index contributed by atoms with van der Waals surface area (Å²) in [5, 5.41) is 0. The van der Waals surface area contributed by atoms with Crippen molar-refractivity contribution in [3.63, 3.8) is 0 Å². The number of Topliss-reactive ketones (excluding diaryl/α,β-unsaturated/α-hetero) is 1. The smallest absolute Gasteiger partial charge is 0.169 e. The molecule has 16 heavy (non-hydrogen) atoms. The third-order valence-corrected chi connectivity index (χ3v) is 2.79. The number of benzene rings is 1. The molecule has 86 valence electrons. The molecule has 1 fully saturated rings. The van der Waals surface area contributed by atoms with Crippen molar-refractivity contribution < 1.29 is 18.3 Å². The van der Waals surface area contributed by atoms with Crippen LogP contribution in [0.15, 0.2) is 18.2 Å². The van der Waals surface area contributed by atoms with Crippen LogP contribution >= 0.6 is 0 Å². The zero-order chi connectivity index (χ0) is 11.5. The summed E-state index contributed by atoms with van der Waals surface area (Å²) in [6, 6.07) is 3.06. The van der Waals surface area contributed by atoms with Crippen molar-refractivity contribution in [2.45, 2.75) is 12.8 Å². The third kappa shape index (κ3) is 2.27. The molecule has 1 aromatic carbocycles. The number of hydrogen-bond acceptors (Lipinski definition) is 2. The summed E-state index contributed by atoms with van der Waals surface area (Å²) in [6.45, 7) is 1.05. The molecule has 1 heterocycles. The average Bonchev–Trinajstić information content (AvgIpc) is 2.29. The van der Waals surface area contributed by atoms with E-state index in [1.807, 2.05) is 0 Å². The van der Waals surface area contributed by atoms with E-state index >= 15 is 0 Å². The van der Waals surface area contributed by atoms with Crippen LogP contribution in [0.1, 0.15) is 23.2 Å². The number of ether oxygens (including phenoxy) is 1.